The minimum Gasteiger partial charge on any atom is -0.481 e. The quantitative estimate of drug-likeness (QED) is 0.673. The molecule has 0 aliphatic carbocycles. The van der Waals surface area contributed by atoms with E-state index in [4.69, 9.17) is 16.7 Å². The van der Waals surface area contributed by atoms with Crippen LogP contribution in [0.15, 0.2) is 18.2 Å². The second-order valence-corrected chi connectivity index (χ2v) is 4.83. The second-order valence-electron chi connectivity index (χ2n) is 4.42. The van der Waals surface area contributed by atoms with E-state index < -0.39 is 5.97 Å². The molecule has 0 fully saturated rings. The summed E-state index contributed by atoms with van der Waals surface area (Å²) in [5.41, 5.74) is 0.754. The molecule has 0 bridgehead atoms. The van der Waals surface area contributed by atoms with Crippen molar-refractivity contribution in [2.45, 2.75) is 25.7 Å². The van der Waals surface area contributed by atoms with Gasteiger partial charge in [-0.25, -0.2) is 0 Å². The van der Waals surface area contributed by atoms with Gasteiger partial charge in [-0.05, 0) is 31.0 Å². The Morgan fingerprint density at radius 2 is 1.86 bits per heavy atom. The highest BCUT2D eigenvalue weighted by atomic mass is 35.5. The Balaban J connectivity index is 2.59. The fraction of sp³-hybridized carbons (Fsp3) is 0.357. The zero-order chi connectivity index (χ0) is 15.8. The standard InChI is InChI=1S/C14H17ClN2O4/c1-16-14(21)9-6-7-10(15)11(8-9)17-12(18)4-2-3-5-13(19)20/h6-8H,2-5H2,1H3,(H,16,21)(H,17,18)(H,19,20). The number of halogens is 1. The van der Waals surface area contributed by atoms with Crippen molar-refractivity contribution in [1.29, 1.82) is 0 Å². The van der Waals surface area contributed by atoms with Crippen LogP contribution in [0.2, 0.25) is 5.02 Å². The number of benzene rings is 1. The Labute approximate surface area is 127 Å². The first-order valence-corrected chi connectivity index (χ1v) is 6.85. The second kappa shape index (κ2) is 8.26. The number of anilines is 1. The molecule has 0 spiro atoms. The van der Waals surface area contributed by atoms with Crippen LogP contribution >= 0.6 is 11.6 Å². The molecular formula is C14H17ClN2O4. The third-order valence-corrected chi connectivity index (χ3v) is 3.10. The summed E-state index contributed by atoms with van der Waals surface area (Å²) in [6.45, 7) is 0. The maximum atomic E-state index is 11.7. The number of aliphatic carboxylic acids is 1. The van der Waals surface area contributed by atoms with Crippen LogP contribution in [0, 0.1) is 0 Å². The maximum absolute atomic E-state index is 11.7. The zero-order valence-corrected chi connectivity index (χ0v) is 12.4. The minimum atomic E-state index is -0.878. The first kappa shape index (κ1) is 17.0. The maximum Gasteiger partial charge on any atom is 0.303 e. The van der Waals surface area contributed by atoms with E-state index in [2.05, 4.69) is 10.6 Å². The van der Waals surface area contributed by atoms with Crippen LogP contribution in [0.1, 0.15) is 36.0 Å². The predicted octanol–water partition coefficient (Wildman–Crippen LogP) is 2.28. The van der Waals surface area contributed by atoms with Gasteiger partial charge in [-0.15, -0.1) is 0 Å². The smallest absolute Gasteiger partial charge is 0.303 e. The molecule has 0 heterocycles. The molecule has 1 aromatic rings. The molecule has 3 N–H and O–H groups in total. The van der Waals surface area contributed by atoms with Crippen LogP contribution in [0.4, 0.5) is 5.69 Å². The molecule has 6 nitrogen and oxygen atoms in total. The highest BCUT2D eigenvalue weighted by Gasteiger charge is 2.10. The number of carbonyl (C=O) groups excluding carboxylic acids is 2. The van der Waals surface area contributed by atoms with Crippen molar-refractivity contribution in [2.75, 3.05) is 12.4 Å². The summed E-state index contributed by atoms with van der Waals surface area (Å²) in [7, 11) is 1.51. The van der Waals surface area contributed by atoms with E-state index >= 15 is 0 Å². The molecule has 114 valence electrons. The van der Waals surface area contributed by atoms with Crippen LogP contribution in [-0.4, -0.2) is 29.9 Å². The van der Waals surface area contributed by atoms with E-state index in [9.17, 15) is 14.4 Å². The SMILES string of the molecule is CNC(=O)c1ccc(Cl)c(NC(=O)CCCCC(=O)O)c1. The summed E-state index contributed by atoms with van der Waals surface area (Å²) < 4.78 is 0. The Morgan fingerprint density at radius 3 is 2.48 bits per heavy atom. The number of amides is 2. The highest BCUT2D eigenvalue weighted by Crippen LogP contribution is 2.23. The van der Waals surface area contributed by atoms with Gasteiger partial charge in [0.1, 0.15) is 0 Å². The van der Waals surface area contributed by atoms with Crippen molar-refractivity contribution in [3.63, 3.8) is 0 Å². The normalized spacial score (nSPS) is 10.0. The minimum absolute atomic E-state index is 0.0419. The van der Waals surface area contributed by atoms with Gasteiger partial charge in [-0.2, -0.15) is 0 Å². The van der Waals surface area contributed by atoms with Gasteiger partial charge in [0.15, 0.2) is 0 Å². The number of carbonyl (C=O) groups is 3. The molecule has 0 saturated heterocycles. The van der Waals surface area contributed by atoms with Gasteiger partial charge in [0.25, 0.3) is 5.91 Å². The fourth-order valence-electron chi connectivity index (χ4n) is 1.68. The van der Waals surface area contributed by atoms with Crippen molar-refractivity contribution >= 4 is 35.1 Å². The van der Waals surface area contributed by atoms with E-state index in [1.807, 2.05) is 0 Å². The Kier molecular flexibility index (Phi) is 6.68. The summed E-state index contributed by atoms with van der Waals surface area (Å²) in [5, 5.41) is 13.9. The van der Waals surface area contributed by atoms with Crippen LogP contribution < -0.4 is 10.6 Å². The number of hydrogen-bond donors (Lipinski definition) is 3. The first-order valence-electron chi connectivity index (χ1n) is 6.47. The Bertz CT molecular complexity index is 546. The Hall–Kier alpha value is -2.08. The molecule has 21 heavy (non-hydrogen) atoms. The first-order chi connectivity index (χ1) is 9.93. The topological polar surface area (TPSA) is 95.5 Å². The van der Waals surface area contributed by atoms with Crippen molar-refractivity contribution in [3.05, 3.63) is 28.8 Å². The van der Waals surface area contributed by atoms with Gasteiger partial charge in [0.05, 0.1) is 10.7 Å². The van der Waals surface area contributed by atoms with E-state index in [0.717, 1.165) is 0 Å². The van der Waals surface area contributed by atoms with Gasteiger partial charge < -0.3 is 15.7 Å². The predicted molar refractivity (Wildman–Crippen MR) is 79.6 cm³/mol. The van der Waals surface area contributed by atoms with Gasteiger partial charge in [-0.3, -0.25) is 14.4 Å². The Morgan fingerprint density at radius 1 is 1.19 bits per heavy atom. The zero-order valence-electron chi connectivity index (χ0n) is 11.6. The van der Waals surface area contributed by atoms with Gasteiger partial charge >= 0.3 is 5.97 Å². The lowest BCUT2D eigenvalue weighted by Gasteiger charge is -2.09. The molecule has 0 aliphatic heterocycles. The fourth-order valence-corrected chi connectivity index (χ4v) is 1.85. The van der Waals surface area contributed by atoms with Crippen molar-refractivity contribution in [2.24, 2.45) is 0 Å². The molecule has 7 heteroatoms. The van der Waals surface area contributed by atoms with Crippen molar-refractivity contribution in [1.82, 2.24) is 5.32 Å². The monoisotopic (exact) mass is 312 g/mol. The summed E-state index contributed by atoms with van der Waals surface area (Å²) >= 11 is 5.97. The number of carboxylic acid groups (broad SMARTS) is 1. The lowest BCUT2D eigenvalue weighted by Crippen LogP contribution is -2.18. The summed E-state index contributed by atoms with van der Waals surface area (Å²) in [5.74, 6) is -1.42. The third-order valence-electron chi connectivity index (χ3n) is 2.77. The van der Waals surface area contributed by atoms with E-state index in [-0.39, 0.29) is 24.7 Å². The molecule has 2 amide bonds. The molecule has 0 aromatic heterocycles. The van der Waals surface area contributed by atoms with Crippen LogP contribution in [0.5, 0.6) is 0 Å². The van der Waals surface area contributed by atoms with Crippen LogP contribution in [0.3, 0.4) is 0 Å². The van der Waals surface area contributed by atoms with Crippen molar-refractivity contribution < 1.29 is 19.5 Å². The van der Waals surface area contributed by atoms with E-state index in [1.54, 1.807) is 6.07 Å². The van der Waals surface area contributed by atoms with E-state index in [0.29, 0.717) is 29.1 Å². The molecule has 0 aliphatic rings. The molecule has 0 atom stereocenters. The van der Waals surface area contributed by atoms with Crippen LogP contribution in [0.25, 0.3) is 0 Å². The number of hydrogen-bond acceptors (Lipinski definition) is 3. The van der Waals surface area contributed by atoms with Crippen molar-refractivity contribution in [3.8, 4) is 0 Å². The van der Waals surface area contributed by atoms with Crippen LogP contribution in [-0.2, 0) is 9.59 Å². The van der Waals surface area contributed by atoms with Gasteiger partial charge in [0, 0.05) is 25.5 Å². The molecule has 0 radical (unpaired) electrons. The third kappa shape index (κ3) is 5.83. The number of unbranched alkanes of at least 4 members (excludes halogenated alkanes) is 1. The lowest BCUT2D eigenvalue weighted by molar-refractivity contribution is -0.137. The largest absolute Gasteiger partial charge is 0.481 e. The average molecular weight is 313 g/mol. The number of nitrogens with one attached hydrogen (secondary N) is 2. The summed E-state index contributed by atoms with van der Waals surface area (Å²) in [6.07, 6.45) is 1.16. The van der Waals surface area contributed by atoms with Gasteiger partial charge in [0.2, 0.25) is 5.91 Å². The summed E-state index contributed by atoms with van der Waals surface area (Å²) in [6, 6.07) is 4.59. The average Bonchev–Trinajstić information content (AvgIpc) is 2.45. The number of rotatable bonds is 7. The molecule has 0 saturated carbocycles. The number of carboxylic acids is 1. The van der Waals surface area contributed by atoms with E-state index in [1.165, 1.54) is 19.2 Å². The highest BCUT2D eigenvalue weighted by molar-refractivity contribution is 6.33. The molecular weight excluding hydrogens is 296 g/mol. The molecule has 0 unspecified atom stereocenters. The van der Waals surface area contributed by atoms with Gasteiger partial charge in [-0.1, -0.05) is 11.6 Å². The molecule has 1 rings (SSSR count). The molecule has 1 aromatic carbocycles. The summed E-state index contributed by atoms with van der Waals surface area (Å²) in [4.78, 5) is 33.6. The lowest BCUT2D eigenvalue weighted by atomic mass is 10.1.